The number of aliphatic hydroxyl groups excluding tert-OH is 1. The number of para-hydroxylation sites is 1. The number of ether oxygens (including phenoxy) is 2. The van der Waals surface area contributed by atoms with E-state index in [0.717, 1.165) is 10.3 Å². The minimum atomic E-state index is -0.970. The van der Waals surface area contributed by atoms with Gasteiger partial charge in [-0.05, 0) is 37.3 Å². The molecule has 0 radical (unpaired) electrons. The Hall–Kier alpha value is -4.17. The van der Waals surface area contributed by atoms with Crippen molar-refractivity contribution in [2.75, 3.05) is 19.1 Å². The van der Waals surface area contributed by atoms with E-state index in [4.69, 9.17) is 9.47 Å². The monoisotopic (exact) mass is 486 g/mol. The van der Waals surface area contributed by atoms with Crippen LogP contribution in [-0.4, -0.2) is 36.0 Å². The number of aliphatic hydroxyl groups is 1. The van der Waals surface area contributed by atoms with E-state index in [0.29, 0.717) is 33.3 Å². The van der Waals surface area contributed by atoms with Crippen LogP contribution in [0.25, 0.3) is 16.0 Å². The van der Waals surface area contributed by atoms with Gasteiger partial charge < -0.3 is 14.6 Å². The number of carbonyl (C=O) groups excluding carboxylic acids is 2. The number of hydrogen-bond donors (Lipinski definition) is 1. The molecule has 1 aromatic heterocycles. The van der Waals surface area contributed by atoms with Crippen molar-refractivity contribution in [1.29, 1.82) is 0 Å². The molecule has 7 nitrogen and oxygen atoms in total. The van der Waals surface area contributed by atoms with Crippen LogP contribution in [-0.2, 0) is 9.59 Å². The van der Waals surface area contributed by atoms with Crippen molar-refractivity contribution >= 4 is 44.1 Å². The van der Waals surface area contributed by atoms with Crippen LogP contribution in [0.3, 0.4) is 0 Å². The van der Waals surface area contributed by atoms with E-state index in [9.17, 15) is 14.7 Å². The Morgan fingerprint density at radius 1 is 1.00 bits per heavy atom. The van der Waals surface area contributed by atoms with E-state index in [2.05, 4.69) is 4.98 Å². The first-order valence-electron chi connectivity index (χ1n) is 10.9. The third kappa shape index (κ3) is 3.81. The fraction of sp³-hybridized carbons (Fsp3) is 0.148. The highest BCUT2D eigenvalue weighted by Crippen LogP contribution is 2.47. The van der Waals surface area contributed by atoms with E-state index in [1.165, 1.54) is 30.5 Å². The van der Waals surface area contributed by atoms with E-state index in [1.807, 2.05) is 43.3 Å². The lowest BCUT2D eigenvalue weighted by atomic mass is 9.94. The molecular formula is C27H22N2O5S. The van der Waals surface area contributed by atoms with Gasteiger partial charge in [-0.3, -0.25) is 14.5 Å². The first-order valence-corrected chi connectivity index (χ1v) is 11.7. The zero-order valence-corrected chi connectivity index (χ0v) is 20.1. The quantitative estimate of drug-likeness (QED) is 0.236. The number of aryl methyl sites for hydroxylation is 1. The Morgan fingerprint density at radius 3 is 2.43 bits per heavy atom. The Kier molecular flexibility index (Phi) is 5.74. The summed E-state index contributed by atoms with van der Waals surface area (Å²) in [7, 11) is 3.04. The van der Waals surface area contributed by atoms with Crippen LogP contribution in [0.15, 0.2) is 72.3 Å². The normalized spacial score (nSPS) is 17.2. The standard InChI is InChI=1S/C27H22N2O5S/c1-15-8-10-16(11-9-15)24(30)22-23(18-14-17(33-2)12-13-20(18)34-3)29(26(32)25(22)31)27-28-19-6-4-5-7-21(19)35-27/h4-14,23,30H,1-3H3/b24-22+/t23-/m1/s1. The molecule has 4 aromatic rings. The second-order valence-electron chi connectivity index (χ2n) is 8.11. The molecule has 2 heterocycles. The zero-order chi connectivity index (χ0) is 24.7. The summed E-state index contributed by atoms with van der Waals surface area (Å²) in [6.45, 7) is 1.93. The molecule has 1 amide bonds. The Morgan fingerprint density at radius 2 is 1.74 bits per heavy atom. The van der Waals surface area contributed by atoms with Gasteiger partial charge in [-0.1, -0.05) is 53.3 Å². The molecule has 0 spiro atoms. The molecule has 1 fully saturated rings. The van der Waals surface area contributed by atoms with Crippen LogP contribution >= 0.6 is 11.3 Å². The lowest BCUT2D eigenvalue weighted by molar-refractivity contribution is -0.132. The number of fused-ring (bicyclic) bond motifs is 1. The van der Waals surface area contributed by atoms with E-state index in [-0.39, 0.29) is 11.3 Å². The number of aromatic nitrogens is 1. The Bertz CT molecular complexity index is 1460. The van der Waals surface area contributed by atoms with E-state index < -0.39 is 17.7 Å². The molecular weight excluding hydrogens is 464 g/mol. The molecule has 1 atom stereocenters. The number of rotatable bonds is 5. The van der Waals surface area contributed by atoms with Crippen LogP contribution in [0.2, 0.25) is 0 Å². The third-order valence-corrected chi connectivity index (χ3v) is 7.03. The summed E-state index contributed by atoms with van der Waals surface area (Å²) in [5, 5.41) is 11.7. The third-order valence-electron chi connectivity index (χ3n) is 5.99. The van der Waals surface area contributed by atoms with Crippen LogP contribution < -0.4 is 14.4 Å². The maximum Gasteiger partial charge on any atom is 0.301 e. The van der Waals surface area contributed by atoms with Gasteiger partial charge in [0.2, 0.25) is 0 Å². The van der Waals surface area contributed by atoms with Gasteiger partial charge in [-0.2, -0.15) is 0 Å². The average Bonchev–Trinajstić information content (AvgIpc) is 3.42. The smallest absolute Gasteiger partial charge is 0.301 e. The minimum Gasteiger partial charge on any atom is -0.507 e. The van der Waals surface area contributed by atoms with Gasteiger partial charge in [0.15, 0.2) is 5.13 Å². The maximum atomic E-state index is 13.4. The minimum absolute atomic E-state index is 0.0373. The van der Waals surface area contributed by atoms with Crippen molar-refractivity contribution in [2.45, 2.75) is 13.0 Å². The van der Waals surface area contributed by atoms with Gasteiger partial charge in [0, 0.05) is 11.1 Å². The summed E-state index contributed by atoms with van der Waals surface area (Å²) < 4.78 is 11.9. The van der Waals surface area contributed by atoms with Crippen molar-refractivity contribution in [2.24, 2.45) is 0 Å². The van der Waals surface area contributed by atoms with Crippen LogP contribution in [0.4, 0.5) is 5.13 Å². The van der Waals surface area contributed by atoms with Gasteiger partial charge in [0.25, 0.3) is 5.78 Å². The predicted octanol–water partition coefficient (Wildman–Crippen LogP) is 5.25. The molecule has 0 saturated carbocycles. The first-order chi connectivity index (χ1) is 16.9. The van der Waals surface area contributed by atoms with Crippen molar-refractivity contribution in [3.63, 3.8) is 0 Å². The van der Waals surface area contributed by atoms with Crippen molar-refractivity contribution in [1.82, 2.24) is 4.98 Å². The molecule has 35 heavy (non-hydrogen) atoms. The second-order valence-corrected chi connectivity index (χ2v) is 9.12. The summed E-state index contributed by atoms with van der Waals surface area (Å²) in [6.07, 6.45) is 0. The number of ketones is 1. The molecule has 0 bridgehead atoms. The number of carbonyl (C=O) groups is 2. The number of benzene rings is 3. The summed E-state index contributed by atoms with van der Waals surface area (Å²) in [5.74, 6) is -0.865. The van der Waals surface area contributed by atoms with Crippen LogP contribution in [0.5, 0.6) is 11.5 Å². The maximum absolute atomic E-state index is 13.4. The molecule has 3 aromatic carbocycles. The summed E-state index contributed by atoms with van der Waals surface area (Å²) >= 11 is 1.30. The number of nitrogens with zero attached hydrogens (tertiary/aromatic N) is 2. The average molecular weight is 487 g/mol. The number of Topliss-reactive ketones (excluding diaryl/α,β-unsaturated/α-hetero) is 1. The van der Waals surface area contributed by atoms with E-state index in [1.54, 1.807) is 30.3 Å². The summed E-state index contributed by atoms with van der Waals surface area (Å²) in [4.78, 5) is 32.8. The predicted molar refractivity (Wildman–Crippen MR) is 135 cm³/mol. The molecule has 1 N–H and O–H groups in total. The topological polar surface area (TPSA) is 89.0 Å². The number of anilines is 1. The number of hydrogen-bond acceptors (Lipinski definition) is 7. The molecule has 176 valence electrons. The molecule has 1 aliphatic heterocycles. The lowest BCUT2D eigenvalue weighted by Crippen LogP contribution is -2.29. The van der Waals surface area contributed by atoms with Gasteiger partial charge in [0.1, 0.15) is 23.3 Å². The molecule has 0 aliphatic carbocycles. The molecule has 1 saturated heterocycles. The van der Waals surface area contributed by atoms with Crippen molar-refractivity contribution in [3.8, 4) is 11.5 Å². The number of thiazole rings is 1. The summed E-state index contributed by atoms with van der Waals surface area (Å²) in [6, 6.07) is 18.8. The fourth-order valence-electron chi connectivity index (χ4n) is 4.21. The second kappa shape index (κ2) is 8.88. The molecule has 5 rings (SSSR count). The lowest BCUT2D eigenvalue weighted by Gasteiger charge is -2.25. The Balaban J connectivity index is 1.78. The highest BCUT2D eigenvalue weighted by molar-refractivity contribution is 7.22. The van der Waals surface area contributed by atoms with Gasteiger partial charge in [-0.25, -0.2) is 4.98 Å². The fourth-order valence-corrected chi connectivity index (χ4v) is 5.20. The van der Waals surface area contributed by atoms with Crippen LogP contribution in [0, 0.1) is 6.92 Å². The van der Waals surface area contributed by atoms with Gasteiger partial charge >= 0.3 is 5.91 Å². The highest BCUT2D eigenvalue weighted by Gasteiger charge is 2.49. The zero-order valence-electron chi connectivity index (χ0n) is 19.3. The van der Waals surface area contributed by atoms with Crippen LogP contribution in [0.1, 0.15) is 22.7 Å². The largest absolute Gasteiger partial charge is 0.507 e. The summed E-state index contributed by atoms with van der Waals surface area (Å²) in [5.41, 5.74) is 2.61. The Labute approximate surface area is 205 Å². The number of methoxy groups -OCH3 is 2. The molecule has 1 aliphatic rings. The van der Waals surface area contributed by atoms with Crippen molar-refractivity contribution in [3.05, 3.63) is 89.0 Å². The highest BCUT2D eigenvalue weighted by atomic mass is 32.1. The van der Waals surface area contributed by atoms with E-state index >= 15 is 0 Å². The van der Waals surface area contributed by atoms with Crippen molar-refractivity contribution < 1.29 is 24.2 Å². The van der Waals surface area contributed by atoms with Gasteiger partial charge in [0.05, 0.1) is 30.0 Å². The molecule has 8 heteroatoms. The van der Waals surface area contributed by atoms with Gasteiger partial charge in [-0.15, -0.1) is 0 Å². The SMILES string of the molecule is COc1ccc(OC)c([C@@H]2/C(=C(\O)c3ccc(C)cc3)C(=O)C(=O)N2c2nc3ccccc3s2)c1. The molecule has 0 unspecified atom stereocenters. The first kappa shape index (κ1) is 22.6. The number of amides is 1.